The maximum Gasteiger partial charge on any atom is 0.405 e. The van der Waals surface area contributed by atoms with E-state index in [4.69, 9.17) is 0 Å². The van der Waals surface area contributed by atoms with E-state index in [0.29, 0.717) is 6.42 Å². The van der Waals surface area contributed by atoms with Crippen LogP contribution in [0.3, 0.4) is 0 Å². The highest BCUT2D eigenvalue weighted by molar-refractivity contribution is 7.09. The van der Waals surface area contributed by atoms with Crippen LogP contribution >= 0.6 is 11.3 Å². The van der Waals surface area contributed by atoms with E-state index in [2.05, 4.69) is 10.3 Å². The molecule has 0 radical (unpaired) electrons. The summed E-state index contributed by atoms with van der Waals surface area (Å²) < 4.78 is 35.3. The summed E-state index contributed by atoms with van der Waals surface area (Å²) in [7, 11) is 0. The van der Waals surface area contributed by atoms with Crippen molar-refractivity contribution in [3.05, 3.63) is 16.1 Å². The van der Waals surface area contributed by atoms with Gasteiger partial charge in [0.1, 0.15) is 6.54 Å². The number of hydrogen-bond acceptors (Lipinski definition) is 3. The van der Waals surface area contributed by atoms with Gasteiger partial charge in [0.2, 0.25) is 0 Å². The summed E-state index contributed by atoms with van der Waals surface area (Å²) in [5.41, 5.74) is 0.823. The van der Waals surface area contributed by atoms with Crippen LogP contribution in [0, 0.1) is 6.92 Å². The van der Waals surface area contributed by atoms with Crippen molar-refractivity contribution in [2.45, 2.75) is 19.5 Å². The minimum Gasteiger partial charge on any atom is -0.338 e. The molecule has 0 spiro atoms. The maximum absolute atomic E-state index is 11.8. The third-order valence-corrected chi connectivity index (χ3v) is 2.60. The summed E-state index contributed by atoms with van der Waals surface area (Å²) in [4.78, 5) is 15.1. The van der Waals surface area contributed by atoms with Crippen LogP contribution in [-0.2, 0) is 6.42 Å². The Hall–Kier alpha value is -1.31. The summed E-state index contributed by atoms with van der Waals surface area (Å²) in [6.45, 7) is 0.791. The third kappa shape index (κ3) is 6.10. The van der Waals surface area contributed by atoms with Crippen LogP contribution in [0.15, 0.2) is 5.38 Å². The fourth-order valence-corrected chi connectivity index (χ4v) is 1.72. The number of hydrogen-bond donors (Lipinski definition) is 2. The number of thiazole rings is 1. The fraction of sp³-hybridized carbons (Fsp3) is 0.556. The van der Waals surface area contributed by atoms with Crippen LogP contribution in [0.4, 0.5) is 18.0 Å². The molecule has 0 aliphatic rings. The molecule has 17 heavy (non-hydrogen) atoms. The number of nitrogens with one attached hydrogen (secondary N) is 2. The smallest absolute Gasteiger partial charge is 0.338 e. The molecule has 0 atom stereocenters. The van der Waals surface area contributed by atoms with Crippen molar-refractivity contribution in [3.8, 4) is 0 Å². The van der Waals surface area contributed by atoms with E-state index in [0.717, 1.165) is 10.7 Å². The van der Waals surface area contributed by atoms with Gasteiger partial charge in [0.15, 0.2) is 0 Å². The standard InChI is InChI=1S/C9H12F3N3OS/c1-6-15-7(4-17-6)2-3-13-8(16)14-5-9(10,11)12/h4H,2-3,5H2,1H3,(H2,13,14,16). The first-order valence-electron chi connectivity index (χ1n) is 4.86. The van der Waals surface area contributed by atoms with E-state index in [-0.39, 0.29) is 6.54 Å². The van der Waals surface area contributed by atoms with Crippen molar-refractivity contribution in [1.29, 1.82) is 0 Å². The Morgan fingerprint density at radius 2 is 2.18 bits per heavy atom. The summed E-state index contributed by atoms with van der Waals surface area (Å²) >= 11 is 1.49. The van der Waals surface area contributed by atoms with Crippen LogP contribution in [0.2, 0.25) is 0 Å². The zero-order chi connectivity index (χ0) is 12.9. The van der Waals surface area contributed by atoms with Crippen LogP contribution < -0.4 is 10.6 Å². The minimum absolute atomic E-state index is 0.257. The van der Waals surface area contributed by atoms with Gasteiger partial charge in [0.05, 0.1) is 10.7 Å². The summed E-state index contributed by atoms with van der Waals surface area (Å²) in [5.74, 6) is 0. The number of amides is 2. The molecule has 1 heterocycles. The van der Waals surface area contributed by atoms with Gasteiger partial charge in [-0.25, -0.2) is 9.78 Å². The van der Waals surface area contributed by atoms with E-state index in [9.17, 15) is 18.0 Å². The van der Waals surface area contributed by atoms with Gasteiger partial charge in [0.25, 0.3) is 0 Å². The van der Waals surface area contributed by atoms with Crippen molar-refractivity contribution in [2.24, 2.45) is 0 Å². The highest BCUT2D eigenvalue weighted by Crippen LogP contribution is 2.12. The minimum atomic E-state index is -4.39. The van der Waals surface area contributed by atoms with E-state index in [1.807, 2.05) is 12.3 Å². The molecule has 0 saturated heterocycles. The van der Waals surface area contributed by atoms with E-state index in [1.165, 1.54) is 11.3 Å². The molecular formula is C9H12F3N3OS. The number of rotatable bonds is 4. The van der Waals surface area contributed by atoms with Crippen molar-refractivity contribution < 1.29 is 18.0 Å². The average molecular weight is 267 g/mol. The molecule has 0 saturated carbocycles. The Labute approximate surface area is 100 Å². The molecule has 2 amide bonds. The first kappa shape index (κ1) is 13.8. The summed E-state index contributed by atoms with van der Waals surface area (Å²) in [5, 5.41) is 6.82. The van der Waals surface area contributed by atoms with Crippen molar-refractivity contribution in [1.82, 2.24) is 15.6 Å². The van der Waals surface area contributed by atoms with Crippen molar-refractivity contribution >= 4 is 17.4 Å². The molecule has 0 aliphatic heterocycles. The van der Waals surface area contributed by atoms with Gasteiger partial charge in [-0.3, -0.25) is 0 Å². The molecule has 8 heteroatoms. The molecule has 96 valence electrons. The largest absolute Gasteiger partial charge is 0.405 e. The Bertz CT molecular complexity index is 378. The lowest BCUT2D eigenvalue weighted by Crippen LogP contribution is -2.41. The van der Waals surface area contributed by atoms with Crippen LogP contribution in [0.25, 0.3) is 0 Å². The lowest BCUT2D eigenvalue weighted by molar-refractivity contribution is -0.122. The molecule has 0 bridgehead atoms. The second kappa shape index (κ2) is 5.85. The normalized spacial score (nSPS) is 11.3. The van der Waals surface area contributed by atoms with Gasteiger partial charge in [-0.1, -0.05) is 0 Å². The van der Waals surface area contributed by atoms with Gasteiger partial charge in [0, 0.05) is 18.3 Å². The number of aryl methyl sites for hydroxylation is 1. The third-order valence-electron chi connectivity index (χ3n) is 1.78. The fourth-order valence-electron chi connectivity index (χ4n) is 1.07. The quantitative estimate of drug-likeness (QED) is 0.874. The Morgan fingerprint density at radius 3 is 2.71 bits per heavy atom. The van der Waals surface area contributed by atoms with Crippen LogP contribution in [0.5, 0.6) is 0 Å². The lowest BCUT2D eigenvalue weighted by atomic mass is 10.3. The topological polar surface area (TPSA) is 54.0 Å². The average Bonchev–Trinajstić information content (AvgIpc) is 2.60. The van der Waals surface area contributed by atoms with Crippen molar-refractivity contribution in [3.63, 3.8) is 0 Å². The number of halogens is 3. The van der Waals surface area contributed by atoms with Crippen LogP contribution in [0.1, 0.15) is 10.7 Å². The van der Waals surface area contributed by atoms with E-state index < -0.39 is 18.8 Å². The molecule has 0 aromatic carbocycles. The predicted molar refractivity (Wildman–Crippen MR) is 58.0 cm³/mol. The van der Waals surface area contributed by atoms with Crippen molar-refractivity contribution in [2.75, 3.05) is 13.1 Å². The van der Waals surface area contributed by atoms with Gasteiger partial charge in [-0.05, 0) is 6.92 Å². The van der Waals surface area contributed by atoms with Gasteiger partial charge in [-0.2, -0.15) is 13.2 Å². The number of carbonyl (C=O) groups excluding carboxylic acids is 1. The summed E-state index contributed by atoms with van der Waals surface area (Å²) in [6, 6.07) is -0.825. The number of alkyl halides is 3. The Balaban J connectivity index is 2.16. The highest BCUT2D eigenvalue weighted by atomic mass is 32.1. The molecule has 0 fully saturated rings. The van der Waals surface area contributed by atoms with E-state index >= 15 is 0 Å². The van der Waals surface area contributed by atoms with Crippen LogP contribution in [-0.4, -0.2) is 30.3 Å². The first-order valence-corrected chi connectivity index (χ1v) is 5.74. The zero-order valence-electron chi connectivity index (χ0n) is 9.10. The predicted octanol–water partition coefficient (Wildman–Crippen LogP) is 1.86. The number of aromatic nitrogens is 1. The maximum atomic E-state index is 11.8. The molecule has 4 nitrogen and oxygen atoms in total. The Morgan fingerprint density at radius 1 is 1.47 bits per heavy atom. The molecule has 1 rings (SSSR count). The highest BCUT2D eigenvalue weighted by Gasteiger charge is 2.27. The van der Waals surface area contributed by atoms with E-state index in [1.54, 1.807) is 5.32 Å². The Kier molecular flexibility index (Phi) is 4.73. The molecule has 1 aromatic heterocycles. The molecule has 1 aromatic rings. The molecular weight excluding hydrogens is 255 g/mol. The number of nitrogens with zero attached hydrogens (tertiary/aromatic N) is 1. The summed E-state index contributed by atoms with van der Waals surface area (Å²) in [6.07, 6.45) is -3.88. The number of carbonyl (C=O) groups is 1. The molecule has 0 unspecified atom stereocenters. The first-order chi connectivity index (χ1) is 7.87. The zero-order valence-corrected chi connectivity index (χ0v) is 9.91. The second-order valence-electron chi connectivity index (χ2n) is 3.33. The second-order valence-corrected chi connectivity index (χ2v) is 4.39. The molecule has 0 aliphatic carbocycles. The molecule has 2 N–H and O–H groups in total. The monoisotopic (exact) mass is 267 g/mol. The van der Waals surface area contributed by atoms with Gasteiger partial charge in [-0.15, -0.1) is 11.3 Å². The van der Waals surface area contributed by atoms with Gasteiger partial charge >= 0.3 is 12.2 Å². The van der Waals surface area contributed by atoms with Gasteiger partial charge < -0.3 is 10.6 Å². The number of urea groups is 1. The SMILES string of the molecule is Cc1nc(CCNC(=O)NCC(F)(F)F)cs1. The lowest BCUT2D eigenvalue weighted by Gasteiger charge is -2.09.